The molecule has 1 aromatic heterocycles. The Balaban J connectivity index is 3.46. The van der Waals surface area contributed by atoms with Gasteiger partial charge in [0.05, 0.1) is 13.2 Å². The highest BCUT2D eigenvalue weighted by molar-refractivity contribution is 7.89. The number of nitrogens with zero attached hydrogens (tertiary/aromatic N) is 2. The zero-order valence-electron chi connectivity index (χ0n) is 10.3. The number of carbonyl (C=O) groups is 1. The summed E-state index contributed by atoms with van der Waals surface area (Å²) in [6.07, 6.45) is 0. The summed E-state index contributed by atoms with van der Waals surface area (Å²) < 4.78 is 33.6. The quantitative estimate of drug-likeness (QED) is 0.718. The first-order valence-electron chi connectivity index (χ1n) is 5.07. The van der Waals surface area contributed by atoms with Crippen molar-refractivity contribution in [1.82, 2.24) is 9.78 Å². The first kappa shape index (κ1) is 14.6. The minimum atomic E-state index is -4.08. The zero-order valence-corrected chi connectivity index (χ0v) is 11.2. The number of nitrogens with two attached hydrogens (primary N) is 1. The van der Waals surface area contributed by atoms with E-state index < -0.39 is 16.0 Å². The van der Waals surface area contributed by atoms with Gasteiger partial charge in [-0.05, 0) is 6.92 Å². The molecule has 2 N–H and O–H groups in total. The molecule has 0 saturated heterocycles. The van der Waals surface area contributed by atoms with Gasteiger partial charge in [-0.2, -0.15) is 5.10 Å². The number of carbonyl (C=O) groups excluding carboxylic acids is 1. The predicted molar refractivity (Wildman–Crippen MR) is 61.3 cm³/mol. The van der Waals surface area contributed by atoms with Crippen LogP contribution in [0, 0.1) is 0 Å². The second-order valence-electron chi connectivity index (χ2n) is 3.45. The van der Waals surface area contributed by atoms with Crippen molar-refractivity contribution in [1.29, 1.82) is 0 Å². The molecule has 0 spiro atoms. The van der Waals surface area contributed by atoms with Gasteiger partial charge in [-0.15, -0.1) is 0 Å². The number of hydrogen-bond acceptors (Lipinski definition) is 6. The highest BCUT2D eigenvalue weighted by Gasteiger charge is 2.30. The van der Waals surface area contributed by atoms with Crippen LogP contribution >= 0.6 is 0 Å². The first-order valence-corrected chi connectivity index (χ1v) is 6.62. The maximum atomic E-state index is 11.8. The standard InChI is InChI=1S/C9H15N3O5S/c1-4-17-9(13)7-6(5-16-3)11-12(2)8(7)18(10,14)15/h4-5H2,1-3H3,(H2,10,14,15). The summed E-state index contributed by atoms with van der Waals surface area (Å²) in [6, 6.07) is 0. The highest BCUT2D eigenvalue weighted by Crippen LogP contribution is 2.19. The molecule has 1 heterocycles. The van der Waals surface area contributed by atoms with E-state index in [-0.39, 0.29) is 29.5 Å². The van der Waals surface area contributed by atoms with Crippen molar-refractivity contribution in [2.45, 2.75) is 18.6 Å². The van der Waals surface area contributed by atoms with E-state index in [4.69, 9.17) is 14.6 Å². The van der Waals surface area contributed by atoms with Crippen molar-refractivity contribution < 1.29 is 22.7 Å². The fraction of sp³-hybridized carbons (Fsp3) is 0.556. The molecule has 0 unspecified atom stereocenters. The van der Waals surface area contributed by atoms with Crippen molar-refractivity contribution in [2.75, 3.05) is 13.7 Å². The van der Waals surface area contributed by atoms with Gasteiger partial charge in [0, 0.05) is 14.2 Å². The van der Waals surface area contributed by atoms with Crippen LogP contribution < -0.4 is 5.14 Å². The summed E-state index contributed by atoms with van der Waals surface area (Å²) in [5.41, 5.74) is -0.00817. The number of rotatable bonds is 5. The van der Waals surface area contributed by atoms with Crippen molar-refractivity contribution in [3.8, 4) is 0 Å². The molecule has 0 bridgehead atoms. The lowest BCUT2D eigenvalue weighted by molar-refractivity contribution is 0.0516. The number of aromatic nitrogens is 2. The normalized spacial score (nSPS) is 11.6. The molecule has 0 saturated carbocycles. The van der Waals surface area contributed by atoms with Gasteiger partial charge in [-0.1, -0.05) is 0 Å². The second-order valence-corrected chi connectivity index (χ2v) is 4.93. The van der Waals surface area contributed by atoms with Crippen LogP contribution in [0.3, 0.4) is 0 Å². The van der Waals surface area contributed by atoms with Crippen LogP contribution in [0.5, 0.6) is 0 Å². The van der Waals surface area contributed by atoms with Crippen LogP contribution in [0.15, 0.2) is 5.03 Å². The van der Waals surface area contributed by atoms with E-state index in [0.717, 1.165) is 4.68 Å². The molecule has 8 nitrogen and oxygen atoms in total. The number of sulfonamides is 1. The first-order chi connectivity index (χ1) is 8.32. The predicted octanol–water partition coefficient (Wildman–Crippen LogP) is -0.609. The molecule has 0 aliphatic rings. The number of esters is 1. The Labute approximate surface area is 105 Å². The Bertz CT molecular complexity index is 549. The van der Waals surface area contributed by atoms with E-state index in [2.05, 4.69) is 5.10 Å². The number of methoxy groups -OCH3 is 1. The lowest BCUT2D eigenvalue weighted by atomic mass is 10.2. The van der Waals surface area contributed by atoms with Crippen LogP contribution in [0.1, 0.15) is 23.0 Å². The van der Waals surface area contributed by atoms with Gasteiger partial charge in [0.25, 0.3) is 10.0 Å². The molecule has 0 radical (unpaired) electrons. The number of hydrogen-bond donors (Lipinski definition) is 1. The van der Waals surface area contributed by atoms with Gasteiger partial charge < -0.3 is 9.47 Å². The van der Waals surface area contributed by atoms with E-state index in [1.165, 1.54) is 14.2 Å². The molecule has 0 aliphatic carbocycles. The van der Waals surface area contributed by atoms with Crippen LogP contribution in [0.25, 0.3) is 0 Å². The van der Waals surface area contributed by atoms with Crippen LogP contribution in [0.4, 0.5) is 0 Å². The average molecular weight is 277 g/mol. The lowest BCUT2D eigenvalue weighted by Gasteiger charge is -2.04. The topological polar surface area (TPSA) is 114 Å². The molecule has 0 atom stereocenters. The molecule has 0 fully saturated rings. The van der Waals surface area contributed by atoms with Crippen molar-refractivity contribution >= 4 is 16.0 Å². The molecule has 9 heteroatoms. The van der Waals surface area contributed by atoms with Crippen molar-refractivity contribution in [2.24, 2.45) is 12.2 Å². The Morgan fingerprint density at radius 1 is 1.50 bits per heavy atom. The average Bonchev–Trinajstić information content (AvgIpc) is 2.55. The van der Waals surface area contributed by atoms with Crippen LogP contribution in [-0.2, 0) is 33.2 Å². The molecule has 102 valence electrons. The Hall–Kier alpha value is -1.45. The summed E-state index contributed by atoms with van der Waals surface area (Å²) in [7, 11) is -1.30. The van der Waals surface area contributed by atoms with E-state index in [0.29, 0.717) is 0 Å². The zero-order chi connectivity index (χ0) is 13.9. The van der Waals surface area contributed by atoms with E-state index in [1.807, 2.05) is 0 Å². The molecule has 1 aromatic rings. The summed E-state index contributed by atoms with van der Waals surface area (Å²) in [5.74, 6) is -0.790. The largest absolute Gasteiger partial charge is 0.462 e. The lowest BCUT2D eigenvalue weighted by Crippen LogP contribution is -2.20. The van der Waals surface area contributed by atoms with Gasteiger partial charge >= 0.3 is 5.97 Å². The number of ether oxygens (including phenoxy) is 2. The molecule has 0 aliphatic heterocycles. The Kier molecular flexibility index (Phi) is 4.43. The molecule has 0 aromatic carbocycles. The van der Waals surface area contributed by atoms with Crippen LogP contribution in [0.2, 0.25) is 0 Å². The molecule has 1 rings (SSSR count). The van der Waals surface area contributed by atoms with E-state index in [1.54, 1.807) is 6.92 Å². The molecule has 0 amide bonds. The third-order valence-electron chi connectivity index (χ3n) is 2.10. The maximum absolute atomic E-state index is 11.8. The van der Waals surface area contributed by atoms with E-state index >= 15 is 0 Å². The Morgan fingerprint density at radius 2 is 2.11 bits per heavy atom. The second kappa shape index (κ2) is 5.46. The SMILES string of the molecule is CCOC(=O)c1c(COC)nn(C)c1S(N)(=O)=O. The number of primary sulfonamides is 1. The van der Waals surface area contributed by atoms with E-state index in [9.17, 15) is 13.2 Å². The Morgan fingerprint density at radius 3 is 2.56 bits per heavy atom. The third-order valence-corrected chi connectivity index (χ3v) is 3.10. The summed E-state index contributed by atoms with van der Waals surface area (Å²) in [4.78, 5) is 11.8. The summed E-state index contributed by atoms with van der Waals surface area (Å²) in [6.45, 7) is 1.71. The number of aryl methyl sites for hydroxylation is 1. The van der Waals surface area contributed by atoms with Gasteiger partial charge in [0.15, 0.2) is 5.03 Å². The monoisotopic (exact) mass is 277 g/mol. The van der Waals surface area contributed by atoms with Gasteiger partial charge in [0.1, 0.15) is 11.3 Å². The molecular formula is C9H15N3O5S. The summed E-state index contributed by atoms with van der Waals surface area (Å²) in [5, 5.41) is 8.58. The highest BCUT2D eigenvalue weighted by atomic mass is 32.2. The molecular weight excluding hydrogens is 262 g/mol. The fourth-order valence-corrected chi connectivity index (χ4v) is 2.43. The minimum absolute atomic E-state index is 0.0164. The van der Waals surface area contributed by atoms with Crippen molar-refractivity contribution in [3.05, 3.63) is 11.3 Å². The maximum Gasteiger partial charge on any atom is 0.343 e. The van der Waals surface area contributed by atoms with Gasteiger partial charge in [0.2, 0.25) is 0 Å². The third kappa shape index (κ3) is 2.86. The van der Waals surface area contributed by atoms with Crippen molar-refractivity contribution in [3.63, 3.8) is 0 Å². The smallest absolute Gasteiger partial charge is 0.343 e. The van der Waals surface area contributed by atoms with Crippen LogP contribution in [-0.4, -0.2) is 37.9 Å². The fourth-order valence-electron chi connectivity index (χ4n) is 1.53. The summed E-state index contributed by atoms with van der Waals surface area (Å²) >= 11 is 0. The van der Waals surface area contributed by atoms with Gasteiger partial charge in [-0.3, -0.25) is 4.68 Å². The van der Waals surface area contributed by atoms with Gasteiger partial charge in [-0.25, -0.2) is 18.4 Å². The minimum Gasteiger partial charge on any atom is -0.462 e. The molecule has 18 heavy (non-hydrogen) atoms.